The standard InChI is InChI=1S/C12H14S/c1-6-12(13-7-1)8-10-2-3-11(9-12)5-4-10/h2-5H,1,6-9H2. The Morgan fingerprint density at radius 3 is 2.08 bits per heavy atom. The van der Waals surface area contributed by atoms with E-state index < -0.39 is 0 Å². The molecule has 1 heteroatoms. The Hall–Kier alpha value is -0.430. The van der Waals surface area contributed by atoms with E-state index in [1.807, 2.05) is 0 Å². The highest BCUT2D eigenvalue weighted by Gasteiger charge is 2.36. The molecule has 1 heterocycles. The fraction of sp³-hybridized carbons (Fsp3) is 0.500. The number of hydrogen-bond donors (Lipinski definition) is 0. The molecule has 0 unspecified atom stereocenters. The van der Waals surface area contributed by atoms with Crippen LogP contribution in [-0.2, 0) is 12.8 Å². The van der Waals surface area contributed by atoms with Gasteiger partial charge in [0.2, 0.25) is 0 Å². The molecule has 0 atom stereocenters. The minimum absolute atomic E-state index is 0.581. The second-order valence-electron chi connectivity index (χ2n) is 4.31. The van der Waals surface area contributed by atoms with Crippen molar-refractivity contribution in [3.63, 3.8) is 0 Å². The molecule has 0 N–H and O–H groups in total. The van der Waals surface area contributed by atoms with E-state index in [9.17, 15) is 0 Å². The van der Waals surface area contributed by atoms with Crippen molar-refractivity contribution in [2.45, 2.75) is 30.4 Å². The van der Waals surface area contributed by atoms with Crippen molar-refractivity contribution in [1.82, 2.24) is 0 Å². The van der Waals surface area contributed by atoms with E-state index in [0.29, 0.717) is 4.75 Å². The van der Waals surface area contributed by atoms with Gasteiger partial charge in [0.15, 0.2) is 0 Å². The summed E-state index contributed by atoms with van der Waals surface area (Å²) in [6.45, 7) is 0. The number of benzene rings is 1. The van der Waals surface area contributed by atoms with E-state index in [1.54, 1.807) is 0 Å². The Balaban J connectivity index is 2.01. The van der Waals surface area contributed by atoms with Crippen LogP contribution in [0.5, 0.6) is 0 Å². The predicted molar refractivity (Wildman–Crippen MR) is 58.3 cm³/mol. The number of rotatable bonds is 0. The van der Waals surface area contributed by atoms with Gasteiger partial charge in [-0.2, -0.15) is 11.8 Å². The van der Waals surface area contributed by atoms with E-state index >= 15 is 0 Å². The first-order valence-electron chi connectivity index (χ1n) is 5.08. The van der Waals surface area contributed by atoms with Gasteiger partial charge in [0, 0.05) is 4.75 Å². The quantitative estimate of drug-likeness (QED) is 0.606. The zero-order valence-electron chi connectivity index (χ0n) is 7.75. The third kappa shape index (κ3) is 1.30. The molecule has 1 spiro atoms. The molecule has 3 aliphatic rings. The highest BCUT2D eigenvalue weighted by molar-refractivity contribution is 8.00. The first kappa shape index (κ1) is 7.93. The summed E-state index contributed by atoms with van der Waals surface area (Å²) < 4.78 is 0.581. The third-order valence-corrected chi connectivity index (χ3v) is 4.86. The average molecular weight is 190 g/mol. The van der Waals surface area contributed by atoms with E-state index in [4.69, 9.17) is 0 Å². The minimum Gasteiger partial charge on any atom is -0.154 e. The molecule has 4 rings (SSSR count). The van der Waals surface area contributed by atoms with Crippen LogP contribution in [0.15, 0.2) is 24.3 Å². The monoisotopic (exact) mass is 190 g/mol. The molecule has 1 aliphatic heterocycles. The summed E-state index contributed by atoms with van der Waals surface area (Å²) in [5.41, 5.74) is 3.08. The van der Waals surface area contributed by atoms with Gasteiger partial charge in [-0.3, -0.25) is 0 Å². The zero-order valence-corrected chi connectivity index (χ0v) is 8.57. The van der Waals surface area contributed by atoms with Crippen LogP contribution in [0.4, 0.5) is 0 Å². The van der Waals surface area contributed by atoms with Crippen LogP contribution >= 0.6 is 11.8 Å². The van der Waals surface area contributed by atoms with Crippen LogP contribution in [0.1, 0.15) is 24.0 Å². The van der Waals surface area contributed by atoms with Crippen LogP contribution in [0.2, 0.25) is 0 Å². The molecule has 0 saturated carbocycles. The molecule has 1 saturated heterocycles. The topological polar surface area (TPSA) is 0 Å². The van der Waals surface area contributed by atoms with Gasteiger partial charge >= 0.3 is 0 Å². The van der Waals surface area contributed by atoms with Crippen molar-refractivity contribution in [1.29, 1.82) is 0 Å². The Bertz CT molecular complexity index is 279. The van der Waals surface area contributed by atoms with Gasteiger partial charge in [-0.05, 0) is 42.6 Å². The van der Waals surface area contributed by atoms with E-state index in [2.05, 4.69) is 36.0 Å². The summed E-state index contributed by atoms with van der Waals surface area (Å²) in [6, 6.07) is 9.23. The molecule has 0 aromatic heterocycles. The Labute approximate surface area is 83.7 Å². The van der Waals surface area contributed by atoms with E-state index in [0.717, 1.165) is 0 Å². The zero-order chi connectivity index (χ0) is 8.73. The van der Waals surface area contributed by atoms with Gasteiger partial charge in [-0.1, -0.05) is 24.3 Å². The summed E-state index contributed by atoms with van der Waals surface area (Å²) in [5, 5.41) is 0. The fourth-order valence-corrected chi connectivity index (χ4v) is 4.16. The molecule has 2 aliphatic carbocycles. The summed E-state index contributed by atoms with van der Waals surface area (Å²) in [4.78, 5) is 0. The van der Waals surface area contributed by atoms with Crippen LogP contribution in [-0.4, -0.2) is 10.5 Å². The maximum Gasteiger partial charge on any atom is 0.0240 e. The number of fused-ring (bicyclic) bond motifs is 2. The van der Waals surface area contributed by atoms with Crippen molar-refractivity contribution >= 4 is 11.8 Å². The van der Waals surface area contributed by atoms with Gasteiger partial charge in [0.1, 0.15) is 0 Å². The van der Waals surface area contributed by atoms with Crippen molar-refractivity contribution in [2.75, 3.05) is 5.75 Å². The Kier molecular flexibility index (Phi) is 1.69. The smallest absolute Gasteiger partial charge is 0.0240 e. The first-order chi connectivity index (χ1) is 6.36. The van der Waals surface area contributed by atoms with Crippen LogP contribution in [0, 0.1) is 0 Å². The minimum atomic E-state index is 0.581. The van der Waals surface area contributed by atoms with E-state index in [-0.39, 0.29) is 0 Å². The predicted octanol–water partition coefficient (Wildman–Crippen LogP) is 3.05. The normalized spacial score (nSPS) is 23.7. The van der Waals surface area contributed by atoms with Crippen LogP contribution in [0.25, 0.3) is 0 Å². The van der Waals surface area contributed by atoms with Gasteiger partial charge in [-0.15, -0.1) is 0 Å². The van der Waals surface area contributed by atoms with Crippen molar-refractivity contribution in [3.05, 3.63) is 35.4 Å². The van der Waals surface area contributed by atoms with Crippen molar-refractivity contribution < 1.29 is 0 Å². The molecule has 2 bridgehead atoms. The van der Waals surface area contributed by atoms with Crippen LogP contribution in [0.3, 0.4) is 0 Å². The molecule has 1 aromatic carbocycles. The first-order valence-corrected chi connectivity index (χ1v) is 6.07. The van der Waals surface area contributed by atoms with Gasteiger partial charge in [0.25, 0.3) is 0 Å². The third-order valence-electron chi connectivity index (χ3n) is 3.26. The highest BCUT2D eigenvalue weighted by Crippen LogP contribution is 2.44. The lowest BCUT2D eigenvalue weighted by atomic mass is 9.93. The molecule has 1 aromatic rings. The SMILES string of the molecule is c1cc2ccc1CC1(CCCS1)C2. The molecule has 13 heavy (non-hydrogen) atoms. The molecule has 0 amide bonds. The summed E-state index contributed by atoms with van der Waals surface area (Å²) in [5.74, 6) is 1.38. The fourth-order valence-electron chi connectivity index (χ4n) is 2.62. The van der Waals surface area contributed by atoms with Gasteiger partial charge in [0.05, 0.1) is 0 Å². The maximum absolute atomic E-state index is 2.31. The average Bonchev–Trinajstić information content (AvgIpc) is 2.43. The lowest BCUT2D eigenvalue weighted by Crippen LogP contribution is -2.25. The summed E-state index contributed by atoms with van der Waals surface area (Å²) in [7, 11) is 0. The lowest BCUT2D eigenvalue weighted by Gasteiger charge is -2.25. The second kappa shape index (κ2) is 2.78. The Morgan fingerprint density at radius 1 is 1.00 bits per heavy atom. The van der Waals surface area contributed by atoms with Gasteiger partial charge in [-0.25, -0.2) is 0 Å². The molecule has 68 valence electrons. The molecular weight excluding hydrogens is 176 g/mol. The number of hydrogen-bond acceptors (Lipinski definition) is 1. The van der Waals surface area contributed by atoms with Gasteiger partial charge < -0.3 is 0 Å². The lowest BCUT2D eigenvalue weighted by molar-refractivity contribution is 0.559. The second-order valence-corrected chi connectivity index (χ2v) is 5.87. The Morgan fingerprint density at radius 2 is 1.62 bits per heavy atom. The largest absolute Gasteiger partial charge is 0.154 e. The van der Waals surface area contributed by atoms with E-state index in [1.165, 1.54) is 42.6 Å². The molecule has 1 fully saturated rings. The summed E-state index contributed by atoms with van der Waals surface area (Å²) in [6.07, 6.45) is 5.45. The van der Waals surface area contributed by atoms with Crippen LogP contribution < -0.4 is 0 Å². The highest BCUT2D eigenvalue weighted by atomic mass is 32.2. The molecular formula is C12H14S. The van der Waals surface area contributed by atoms with Crippen molar-refractivity contribution in [2.24, 2.45) is 0 Å². The van der Waals surface area contributed by atoms with Crippen molar-refractivity contribution in [3.8, 4) is 0 Å². The molecule has 0 radical (unpaired) electrons. The maximum atomic E-state index is 2.31. The number of thioether (sulfide) groups is 1. The molecule has 0 nitrogen and oxygen atoms in total. The summed E-state index contributed by atoms with van der Waals surface area (Å²) >= 11 is 2.20.